The molecule has 1 aromatic heterocycles. The number of likely N-dealkylation sites (tertiary alicyclic amines) is 1. The molecule has 0 bridgehead atoms. The lowest BCUT2D eigenvalue weighted by molar-refractivity contribution is -0.149. The van der Waals surface area contributed by atoms with Crippen LogP contribution < -0.4 is 32.3 Å². The van der Waals surface area contributed by atoms with Crippen molar-refractivity contribution in [1.29, 1.82) is 0 Å². The number of ether oxygens (including phenoxy) is 4. The lowest BCUT2D eigenvalue weighted by Gasteiger charge is -2.41. The van der Waals surface area contributed by atoms with Crippen molar-refractivity contribution in [2.75, 3.05) is 52.8 Å². The van der Waals surface area contributed by atoms with Gasteiger partial charge in [0.2, 0.25) is 23.6 Å². The van der Waals surface area contributed by atoms with Gasteiger partial charge in [0.25, 0.3) is 0 Å². The molecule has 24 nitrogen and oxygen atoms in total. The van der Waals surface area contributed by atoms with E-state index in [1.807, 2.05) is 99.5 Å². The first kappa shape index (κ1) is 90.0. The van der Waals surface area contributed by atoms with Gasteiger partial charge in [0.05, 0.1) is 47.3 Å². The number of carbonyl (C=O) groups is 11. The van der Waals surface area contributed by atoms with Crippen molar-refractivity contribution < 1.29 is 71.7 Å². The smallest absolute Gasteiger partial charge is 0.408 e. The van der Waals surface area contributed by atoms with Crippen LogP contribution in [-0.4, -0.2) is 163 Å². The molecular formula is C87H121N9O15S. The van der Waals surface area contributed by atoms with Crippen molar-refractivity contribution in [3.63, 3.8) is 0 Å². The van der Waals surface area contributed by atoms with Gasteiger partial charge in [-0.3, -0.25) is 38.4 Å². The van der Waals surface area contributed by atoms with Crippen LogP contribution in [0.25, 0.3) is 11.1 Å². The summed E-state index contributed by atoms with van der Waals surface area (Å²) in [5, 5.41) is 16.6. The number of alkyl carbamates (subject to hydrolysis) is 2. The molecule has 1 saturated heterocycles. The van der Waals surface area contributed by atoms with Gasteiger partial charge in [0.15, 0.2) is 11.6 Å². The molecule has 0 saturated carbocycles. The van der Waals surface area contributed by atoms with E-state index in [2.05, 4.69) is 55.8 Å². The third-order valence-corrected chi connectivity index (χ3v) is 23.3. The molecule has 5 aromatic rings. The summed E-state index contributed by atoms with van der Waals surface area (Å²) in [5.41, 5.74) is 10.3. The van der Waals surface area contributed by atoms with Gasteiger partial charge in [-0.2, -0.15) is 0 Å². The van der Waals surface area contributed by atoms with Crippen LogP contribution >= 0.6 is 11.3 Å². The fraction of sp³-hybridized carbons (Fsp3) is 0.563. The van der Waals surface area contributed by atoms with E-state index < -0.39 is 101 Å². The number of rotatable bonds is 46. The van der Waals surface area contributed by atoms with Gasteiger partial charge in [-0.05, 0) is 122 Å². The van der Waals surface area contributed by atoms with E-state index in [1.165, 1.54) is 18.4 Å². The number of anilines is 1. The van der Waals surface area contributed by atoms with Crippen molar-refractivity contribution >= 4 is 82.0 Å². The Labute approximate surface area is 665 Å². The van der Waals surface area contributed by atoms with E-state index in [4.69, 9.17) is 24.7 Å². The first-order valence-electron chi connectivity index (χ1n) is 39.8. The molecule has 25 heteroatoms. The van der Waals surface area contributed by atoms with Crippen LogP contribution in [0.5, 0.6) is 0 Å². The summed E-state index contributed by atoms with van der Waals surface area (Å²) in [7, 11) is 4.80. The molecule has 2 heterocycles. The highest BCUT2D eigenvalue weighted by Crippen LogP contribution is 2.45. The molecule has 0 unspecified atom stereocenters. The number of nitrogens with two attached hydrogens (primary N) is 1. The number of fused-ring (bicyclic) bond motifs is 3. The second kappa shape index (κ2) is 43.7. The number of hydrogen-bond donors (Lipinski definition) is 6. The van der Waals surface area contributed by atoms with Crippen LogP contribution in [0.15, 0.2) is 115 Å². The van der Waals surface area contributed by atoms with Gasteiger partial charge >= 0.3 is 18.2 Å². The van der Waals surface area contributed by atoms with Gasteiger partial charge in [-0.1, -0.05) is 166 Å². The highest BCUT2D eigenvalue weighted by Gasteiger charge is 2.45. The van der Waals surface area contributed by atoms with Gasteiger partial charge in [0, 0.05) is 125 Å². The average molecular weight is 1570 g/mol. The van der Waals surface area contributed by atoms with E-state index >= 15 is 0 Å². The molecular weight excluding hydrogens is 1440 g/mol. The number of likely N-dealkylation sites (N-methyl/N-ethyl adjacent to an activating group) is 1. The zero-order valence-electron chi connectivity index (χ0n) is 68.0. The van der Waals surface area contributed by atoms with E-state index in [-0.39, 0.29) is 130 Å². The van der Waals surface area contributed by atoms with Crippen molar-refractivity contribution in [3.05, 3.63) is 142 Å². The fourth-order valence-corrected chi connectivity index (χ4v) is 16.2. The predicted molar refractivity (Wildman–Crippen MR) is 433 cm³/mol. The SMILES string of the molecule is CC[C@H](C)[C@@H]([C@@H](CC(=O)N1CCC[C@H]1[C@H](OC)[C@@H](C)C(=O)C[C@@H](Cc1ccccc1)c1nccs1)OC)N(C)C(=O)[C@@H](CC(=O)C(C)(C)NC(=O)OCc1ccc(NC(=O)[C@H](CCCNC(N)=O)CC(=O)[C@@H](NC(=O)[C@H](CCCCNC(=O)OCC2c3ccccc3-c3ccccc32)CC(=O)C(C)C)C(C)C)cc1)C(C)C. The number of urea groups is 1. The number of methoxy groups -OCH3 is 2. The molecule has 2 aliphatic rings. The molecule has 4 aromatic carbocycles. The molecule has 1 aliphatic heterocycles. The maximum absolute atomic E-state index is 14.9. The number of aromatic nitrogens is 1. The van der Waals surface area contributed by atoms with E-state index in [9.17, 15) is 52.7 Å². The van der Waals surface area contributed by atoms with Crippen LogP contribution in [0.1, 0.15) is 199 Å². The molecule has 1 aliphatic carbocycles. The molecule has 112 heavy (non-hydrogen) atoms. The fourth-order valence-electron chi connectivity index (χ4n) is 15.4. The summed E-state index contributed by atoms with van der Waals surface area (Å²) in [6.45, 7) is 20.6. The number of thiazole rings is 1. The Kier molecular flexibility index (Phi) is 35.1. The third-order valence-electron chi connectivity index (χ3n) is 22.4. The number of nitrogens with one attached hydrogen (secondary N) is 5. The Hall–Kier alpha value is -9.20. The van der Waals surface area contributed by atoms with Crippen LogP contribution in [0.2, 0.25) is 0 Å². The maximum atomic E-state index is 14.9. The predicted octanol–water partition coefficient (Wildman–Crippen LogP) is 13.3. The molecule has 610 valence electrons. The molecule has 8 amide bonds. The minimum absolute atomic E-state index is 0.0307. The van der Waals surface area contributed by atoms with Crippen molar-refractivity contribution in [1.82, 2.24) is 36.1 Å². The standard InChI is InChI=1S/C87H121N9O15S/c1-15-56(8)78(74(108-13)50-76(101)96-43-26-35-70(96)79(109-14)57(9)72(98)48-62(82-89-42-44-112-82)45-58-27-17-16-18-28-58)95(12)83(104)68(53(2)3)49-75(100)87(10,11)94-86(107)110-51-59-36-38-63(39-37-59)92-80(102)61(30-25-41-90-84(88)105)47-73(99)77(55(6)7)93-81(103)60(46-71(97)54(4)5)29-23-24-40-91-85(106)111-52-69-66-33-21-19-31-64(66)65-32-20-22-34-67(65)69/h16-22,27-28,31-34,36-39,42,44,53-57,60-62,68-70,74,77-79H,15,23-26,29-30,35,40-41,43,45-52H2,1-14H3,(H,91,106)(H,92,102)(H,93,103)(H,94,107)(H3,88,90,105)/t56-,57-,60+,61+,62+,68-,70-,74+,77-,78-,79+/m0/s1. The molecule has 1 fully saturated rings. The van der Waals surface area contributed by atoms with Gasteiger partial charge in [-0.15, -0.1) is 11.3 Å². The number of primary amides is 1. The summed E-state index contributed by atoms with van der Waals surface area (Å²) in [6.07, 6.45) is 3.06. The summed E-state index contributed by atoms with van der Waals surface area (Å²) in [4.78, 5) is 160. The minimum Gasteiger partial charge on any atom is -0.449 e. The number of Topliss-reactive ketones (excluding diaryl/α,β-unsaturated/α-hetero) is 4. The molecule has 11 atom stereocenters. The second-order valence-corrected chi connectivity index (χ2v) is 32.7. The van der Waals surface area contributed by atoms with Crippen molar-refractivity contribution in [2.45, 2.75) is 220 Å². The Balaban J connectivity index is 0.899. The largest absolute Gasteiger partial charge is 0.449 e. The van der Waals surface area contributed by atoms with Crippen LogP contribution in [0.4, 0.5) is 20.1 Å². The van der Waals surface area contributed by atoms with Gasteiger partial charge in [-0.25, -0.2) is 19.4 Å². The number of nitrogens with zero attached hydrogens (tertiary/aromatic N) is 3. The van der Waals surface area contributed by atoms with Gasteiger partial charge in [0.1, 0.15) is 24.8 Å². The molecule has 0 spiro atoms. The molecule has 7 rings (SSSR count). The maximum Gasteiger partial charge on any atom is 0.408 e. The van der Waals surface area contributed by atoms with E-state index in [0.717, 1.165) is 39.2 Å². The minimum atomic E-state index is -1.49. The number of benzene rings is 4. The Bertz CT molecular complexity index is 3900. The number of carbonyl (C=O) groups excluding carboxylic acids is 11. The lowest BCUT2D eigenvalue weighted by atomic mass is 9.83. The second-order valence-electron chi connectivity index (χ2n) is 31.8. The first-order valence-corrected chi connectivity index (χ1v) is 40.7. The van der Waals surface area contributed by atoms with E-state index in [0.29, 0.717) is 56.3 Å². The zero-order chi connectivity index (χ0) is 81.9. The Morgan fingerprint density at radius 1 is 0.670 bits per heavy atom. The highest BCUT2D eigenvalue weighted by molar-refractivity contribution is 7.09. The Morgan fingerprint density at radius 3 is 1.89 bits per heavy atom. The van der Waals surface area contributed by atoms with Crippen LogP contribution in [-0.2, 0) is 70.3 Å². The zero-order valence-corrected chi connectivity index (χ0v) is 68.8. The van der Waals surface area contributed by atoms with Crippen molar-refractivity contribution in [2.24, 2.45) is 53.1 Å². The first-order chi connectivity index (χ1) is 53.4. The number of amides is 8. The summed E-state index contributed by atoms with van der Waals surface area (Å²) < 4.78 is 23.6. The van der Waals surface area contributed by atoms with Crippen LogP contribution in [0.3, 0.4) is 0 Å². The van der Waals surface area contributed by atoms with Crippen molar-refractivity contribution in [3.8, 4) is 11.1 Å². The lowest BCUT2D eigenvalue weighted by Crippen LogP contribution is -2.55. The number of ketones is 4. The van der Waals surface area contributed by atoms with Crippen LogP contribution in [0, 0.1) is 47.3 Å². The molecule has 0 radical (unpaired) electrons. The summed E-state index contributed by atoms with van der Waals surface area (Å²) in [5.74, 6) is -6.85. The van der Waals surface area contributed by atoms with Gasteiger partial charge < -0.3 is 61.1 Å². The summed E-state index contributed by atoms with van der Waals surface area (Å²) >= 11 is 1.53. The number of hydrogen-bond acceptors (Lipinski definition) is 17. The molecule has 7 N–H and O–H groups in total. The quantitative estimate of drug-likeness (QED) is 0.0197. The Morgan fingerprint density at radius 2 is 1.29 bits per heavy atom. The topological polar surface area (TPSA) is 330 Å². The monoisotopic (exact) mass is 1560 g/mol. The van der Waals surface area contributed by atoms with E-state index in [1.54, 1.807) is 91.1 Å². The highest BCUT2D eigenvalue weighted by atomic mass is 32.1. The number of unbranched alkanes of at least 4 members (excludes halogenated alkanes) is 1. The third kappa shape index (κ3) is 25.7. The summed E-state index contributed by atoms with van der Waals surface area (Å²) in [6, 6.07) is 29.9. The average Bonchev–Trinajstić information content (AvgIpc) is 1.61. The normalized spacial score (nSPS) is 16.1.